The third-order valence-corrected chi connectivity index (χ3v) is 2.97. The standard InChI is InChI=1S/C13H16O6/c1-17-11-10(14)9(7-18-13(11)16)19-12(15)8-5-3-2-4-6-8/h2-6,9-11,13-14,16H,7H2,1H3/t9-,10+,11-,13+/m1/s1. The minimum atomic E-state index is -1.23. The van der Waals surface area contributed by atoms with Crippen molar-refractivity contribution in [1.82, 2.24) is 0 Å². The Morgan fingerprint density at radius 3 is 2.63 bits per heavy atom. The highest BCUT2D eigenvalue weighted by molar-refractivity contribution is 5.89. The molecular weight excluding hydrogens is 252 g/mol. The summed E-state index contributed by atoms with van der Waals surface area (Å²) in [5.41, 5.74) is 0.384. The van der Waals surface area contributed by atoms with Gasteiger partial charge in [0.2, 0.25) is 0 Å². The first-order valence-corrected chi connectivity index (χ1v) is 5.90. The summed E-state index contributed by atoms with van der Waals surface area (Å²) in [5.74, 6) is -0.556. The number of aliphatic hydroxyl groups is 2. The molecule has 1 aliphatic rings. The molecule has 4 atom stereocenters. The summed E-state index contributed by atoms with van der Waals surface area (Å²) in [7, 11) is 1.34. The van der Waals surface area contributed by atoms with E-state index in [0.29, 0.717) is 5.56 Å². The van der Waals surface area contributed by atoms with Gasteiger partial charge in [0.25, 0.3) is 0 Å². The Morgan fingerprint density at radius 1 is 1.32 bits per heavy atom. The number of hydrogen-bond donors (Lipinski definition) is 2. The average Bonchev–Trinajstić information content (AvgIpc) is 2.43. The van der Waals surface area contributed by atoms with Gasteiger partial charge in [0.05, 0.1) is 12.2 Å². The Kier molecular flexibility index (Phi) is 4.49. The summed E-state index contributed by atoms with van der Waals surface area (Å²) in [6, 6.07) is 8.44. The van der Waals surface area contributed by atoms with Gasteiger partial charge in [-0.2, -0.15) is 0 Å². The second-order valence-corrected chi connectivity index (χ2v) is 4.22. The molecule has 0 radical (unpaired) electrons. The first-order valence-electron chi connectivity index (χ1n) is 5.90. The number of esters is 1. The van der Waals surface area contributed by atoms with Crippen molar-refractivity contribution in [2.75, 3.05) is 13.7 Å². The monoisotopic (exact) mass is 268 g/mol. The molecule has 1 fully saturated rings. The minimum absolute atomic E-state index is 0.0826. The van der Waals surface area contributed by atoms with Crippen molar-refractivity contribution < 1.29 is 29.2 Å². The molecule has 19 heavy (non-hydrogen) atoms. The van der Waals surface area contributed by atoms with Crippen LogP contribution in [0, 0.1) is 0 Å². The molecule has 1 aromatic carbocycles. The first kappa shape index (κ1) is 14.0. The Morgan fingerprint density at radius 2 is 2.00 bits per heavy atom. The molecule has 0 unspecified atom stereocenters. The van der Waals surface area contributed by atoms with E-state index in [2.05, 4.69) is 0 Å². The van der Waals surface area contributed by atoms with Gasteiger partial charge in [-0.05, 0) is 12.1 Å². The summed E-state index contributed by atoms with van der Waals surface area (Å²) in [6.07, 6.45) is -4.18. The lowest BCUT2D eigenvalue weighted by Crippen LogP contribution is -2.55. The largest absolute Gasteiger partial charge is 0.453 e. The van der Waals surface area contributed by atoms with Crippen LogP contribution in [0.2, 0.25) is 0 Å². The number of hydrogen-bond acceptors (Lipinski definition) is 6. The van der Waals surface area contributed by atoms with Gasteiger partial charge in [0.1, 0.15) is 12.2 Å². The maximum atomic E-state index is 11.8. The molecule has 1 saturated heterocycles. The average molecular weight is 268 g/mol. The summed E-state index contributed by atoms with van der Waals surface area (Å²) < 4.78 is 15.1. The quantitative estimate of drug-likeness (QED) is 0.747. The zero-order chi connectivity index (χ0) is 13.8. The molecule has 2 rings (SSSR count). The van der Waals surface area contributed by atoms with Crippen LogP contribution in [-0.4, -0.2) is 54.5 Å². The van der Waals surface area contributed by atoms with Crippen molar-refractivity contribution in [2.45, 2.75) is 24.6 Å². The molecule has 6 heteroatoms. The van der Waals surface area contributed by atoms with Crippen LogP contribution in [0.4, 0.5) is 0 Å². The van der Waals surface area contributed by atoms with Gasteiger partial charge in [0, 0.05) is 7.11 Å². The molecule has 0 amide bonds. The molecule has 1 heterocycles. The molecule has 0 aromatic heterocycles. The van der Waals surface area contributed by atoms with Crippen molar-refractivity contribution in [1.29, 1.82) is 0 Å². The fourth-order valence-corrected chi connectivity index (χ4v) is 1.91. The lowest BCUT2D eigenvalue weighted by atomic mass is 10.1. The van der Waals surface area contributed by atoms with Crippen molar-refractivity contribution in [3.63, 3.8) is 0 Å². The van der Waals surface area contributed by atoms with Gasteiger partial charge in [-0.1, -0.05) is 18.2 Å². The number of rotatable bonds is 3. The zero-order valence-electron chi connectivity index (χ0n) is 10.4. The van der Waals surface area contributed by atoms with E-state index in [-0.39, 0.29) is 6.61 Å². The number of methoxy groups -OCH3 is 1. The number of ether oxygens (including phenoxy) is 3. The van der Waals surface area contributed by atoms with E-state index in [1.807, 2.05) is 0 Å². The van der Waals surface area contributed by atoms with Crippen LogP contribution >= 0.6 is 0 Å². The highest BCUT2D eigenvalue weighted by atomic mass is 16.7. The smallest absolute Gasteiger partial charge is 0.338 e. The molecule has 2 N–H and O–H groups in total. The van der Waals surface area contributed by atoms with Crippen LogP contribution in [0.25, 0.3) is 0 Å². The van der Waals surface area contributed by atoms with Gasteiger partial charge < -0.3 is 24.4 Å². The van der Waals surface area contributed by atoms with Crippen LogP contribution in [0.15, 0.2) is 30.3 Å². The Hall–Kier alpha value is -1.47. The molecule has 0 aliphatic carbocycles. The molecule has 1 aliphatic heterocycles. The summed E-state index contributed by atoms with van der Waals surface area (Å²) >= 11 is 0. The van der Waals surface area contributed by atoms with Crippen molar-refractivity contribution in [3.05, 3.63) is 35.9 Å². The number of benzene rings is 1. The van der Waals surface area contributed by atoms with Crippen LogP contribution in [0.5, 0.6) is 0 Å². The molecular formula is C13H16O6. The Labute approximate surface area is 110 Å². The van der Waals surface area contributed by atoms with Crippen LogP contribution in [0.3, 0.4) is 0 Å². The molecule has 1 aromatic rings. The fraction of sp³-hybridized carbons (Fsp3) is 0.462. The van der Waals surface area contributed by atoms with Crippen LogP contribution in [-0.2, 0) is 14.2 Å². The SMILES string of the molecule is CO[C@@H]1[C@@H](O)[C@H](OC(=O)c2ccccc2)CO[C@@H]1O. The summed E-state index contributed by atoms with van der Waals surface area (Å²) in [5, 5.41) is 19.4. The van der Waals surface area contributed by atoms with Gasteiger partial charge in [-0.25, -0.2) is 4.79 Å². The van der Waals surface area contributed by atoms with E-state index in [1.165, 1.54) is 7.11 Å². The zero-order valence-corrected chi connectivity index (χ0v) is 10.4. The van der Waals surface area contributed by atoms with Crippen LogP contribution < -0.4 is 0 Å². The Bertz CT molecular complexity index is 420. The number of aliphatic hydroxyl groups excluding tert-OH is 2. The predicted molar refractivity (Wildman–Crippen MR) is 64.4 cm³/mol. The van der Waals surface area contributed by atoms with Gasteiger partial charge in [0.15, 0.2) is 12.4 Å². The van der Waals surface area contributed by atoms with E-state index in [4.69, 9.17) is 14.2 Å². The third kappa shape index (κ3) is 3.10. The van der Waals surface area contributed by atoms with Gasteiger partial charge in [-0.15, -0.1) is 0 Å². The maximum Gasteiger partial charge on any atom is 0.338 e. The second kappa shape index (κ2) is 6.12. The van der Waals surface area contributed by atoms with Crippen LogP contribution in [0.1, 0.15) is 10.4 Å². The topological polar surface area (TPSA) is 85.2 Å². The predicted octanol–water partition coefficient (Wildman–Crippen LogP) is -0.0635. The van der Waals surface area contributed by atoms with E-state index in [1.54, 1.807) is 30.3 Å². The lowest BCUT2D eigenvalue weighted by molar-refractivity contribution is -0.258. The summed E-state index contributed by atoms with van der Waals surface area (Å²) in [6.45, 7) is -0.0826. The Balaban J connectivity index is 2.01. The highest BCUT2D eigenvalue weighted by Gasteiger charge is 2.41. The van der Waals surface area contributed by atoms with Gasteiger partial charge in [-0.3, -0.25) is 0 Å². The normalized spacial score (nSPS) is 30.9. The van der Waals surface area contributed by atoms with Crippen molar-refractivity contribution >= 4 is 5.97 Å². The van der Waals surface area contributed by atoms with Gasteiger partial charge >= 0.3 is 5.97 Å². The third-order valence-electron chi connectivity index (χ3n) is 2.97. The van der Waals surface area contributed by atoms with E-state index < -0.39 is 30.6 Å². The van der Waals surface area contributed by atoms with Crippen molar-refractivity contribution in [2.24, 2.45) is 0 Å². The molecule has 6 nitrogen and oxygen atoms in total. The summed E-state index contributed by atoms with van der Waals surface area (Å²) in [4.78, 5) is 11.8. The fourth-order valence-electron chi connectivity index (χ4n) is 1.91. The number of carbonyl (C=O) groups is 1. The highest BCUT2D eigenvalue weighted by Crippen LogP contribution is 2.19. The van der Waals surface area contributed by atoms with Crippen molar-refractivity contribution in [3.8, 4) is 0 Å². The minimum Gasteiger partial charge on any atom is -0.453 e. The molecule has 104 valence electrons. The molecule has 0 saturated carbocycles. The van der Waals surface area contributed by atoms with E-state index in [0.717, 1.165) is 0 Å². The maximum absolute atomic E-state index is 11.8. The number of carbonyl (C=O) groups excluding carboxylic acids is 1. The second-order valence-electron chi connectivity index (χ2n) is 4.22. The lowest BCUT2D eigenvalue weighted by Gasteiger charge is -2.36. The van der Waals surface area contributed by atoms with E-state index in [9.17, 15) is 15.0 Å². The van der Waals surface area contributed by atoms with E-state index >= 15 is 0 Å². The molecule has 0 spiro atoms. The first-order chi connectivity index (χ1) is 9.13. The molecule has 0 bridgehead atoms.